The molecule has 3 amide bonds. The molecule has 2 fully saturated rings. The van der Waals surface area contributed by atoms with Crippen molar-refractivity contribution < 1.29 is 22.8 Å². The first kappa shape index (κ1) is 23.4. The summed E-state index contributed by atoms with van der Waals surface area (Å²) in [5, 5.41) is 2.69. The molecule has 1 aromatic carbocycles. The zero-order valence-electron chi connectivity index (χ0n) is 18.6. The van der Waals surface area contributed by atoms with Crippen LogP contribution < -0.4 is 5.32 Å². The number of imide groups is 1. The van der Waals surface area contributed by atoms with Crippen LogP contribution in [0.2, 0.25) is 0 Å². The maximum Gasteiger partial charge on any atom is 0.247 e. The number of rotatable bonds is 7. The molecule has 0 radical (unpaired) electrons. The first-order valence-corrected chi connectivity index (χ1v) is 12.4. The molecule has 8 nitrogen and oxygen atoms in total. The molecule has 1 aliphatic carbocycles. The number of benzene rings is 1. The topological polar surface area (TPSA) is 104 Å². The number of likely N-dealkylation sites (tertiary alicyclic amines) is 1. The summed E-state index contributed by atoms with van der Waals surface area (Å²) in [4.78, 5) is 39.6. The zero-order valence-corrected chi connectivity index (χ0v) is 19.4. The molecule has 0 unspecified atom stereocenters. The van der Waals surface area contributed by atoms with Crippen molar-refractivity contribution in [3.8, 4) is 0 Å². The van der Waals surface area contributed by atoms with Gasteiger partial charge in [0.15, 0.2) is 0 Å². The van der Waals surface area contributed by atoms with Gasteiger partial charge in [-0.2, -0.15) is 4.31 Å². The summed E-state index contributed by atoms with van der Waals surface area (Å²) < 4.78 is 27.2. The molecule has 1 heterocycles. The van der Waals surface area contributed by atoms with E-state index in [2.05, 4.69) is 5.32 Å². The van der Waals surface area contributed by atoms with Gasteiger partial charge in [0.05, 0.1) is 16.7 Å². The average Bonchev–Trinajstić information content (AvgIpc) is 3.00. The first-order valence-electron chi connectivity index (χ1n) is 10.9. The van der Waals surface area contributed by atoms with Crippen molar-refractivity contribution in [3.05, 3.63) is 23.8 Å². The Hall–Kier alpha value is -2.26. The van der Waals surface area contributed by atoms with Gasteiger partial charge in [0.1, 0.15) is 6.04 Å². The third-order valence-corrected chi connectivity index (χ3v) is 8.61. The summed E-state index contributed by atoms with van der Waals surface area (Å²) in [5.74, 6) is -1.70. The average molecular weight is 450 g/mol. The highest BCUT2D eigenvalue weighted by Gasteiger charge is 2.50. The Morgan fingerprint density at radius 3 is 2.19 bits per heavy atom. The number of nitrogens with zero attached hydrogens (tertiary/aromatic N) is 2. The highest BCUT2D eigenvalue weighted by Crippen LogP contribution is 2.39. The molecule has 31 heavy (non-hydrogen) atoms. The number of nitrogens with one attached hydrogen (secondary N) is 1. The summed E-state index contributed by atoms with van der Waals surface area (Å²) in [5.41, 5.74) is 0.886. The molecule has 1 aromatic rings. The summed E-state index contributed by atoms with van der Waals surface area (Å²) in [6, 6.07) is 3.72. The minimum absolute atomic E-state index is 0.126. The van der Waals surface area contributed by atoms with E-state index in [4.69, 9.17) is 0 Å². The number of anilines is 1. The fourth-order valence-electron chi connectivity index (χ4n) is 4.59. The second-order valence-corrected chi connectivity index (χ2v) is 10.2. The predicted octanol–water partition coefficient (Wildman–Crippen LogP) is 2.53. The number of hydrogen-bond acceptors (Lipinski definition) is 5. The van der Waals surface area contributed by atoms with Crippen LogP contribution in [0.15, 0.2) is 23.1 Å². The predicted molar refractivity (Wildman–Crippen MR) is 117 cm³/mol. The minimum atomic E-state index is -3.69. The Kier molecular flexibility index (Phi) is 6.85. The summed E-state index contributed by atoms with van der Waals surface area (Å²) in [6.45, 7) is 7.45. The zero-order chi connectivity index (χ0) is 22.9. The standard InChI is InChI=1S/C22H31N3O5S/c1-5-24(6-2)31(29,30)19-13-16(12-11-14(19)3)23-20(26)15(4)25-21(27)17-9-7-8-10-18(17)22(25)28/h11-13,15,17-18H,5-10H2,1-4H3,(H,23,26)/t15-,17+,18+/m0/s1. The molecule has 3 atom stereocenters. The van der Waals surface area contributed by atoms with Gasteiger partial charge in [0.25, 0.3) is 0 Å². The Bertz CT molecular complexity index is 963. The van der Waals surface area contributed by atoms with Crippen LogP contribution in [-0.2, 0) is 24.4 Å². The van der Waals surface area contributed by atoms with Gasteiger partial charge in [-0.3, -0.25) is 19.3 Å². The van der Waals surface area contributed by atoms with Crippen molar-refractivity contribution >= 4 is 33.4 Å². The van der Waals surface area contributed by atoms with Crippen molar-refractivity contribution in [3.63, 3.8) is 0 Å². The van der Waals surface area contributed by atoms with Gasteiger partial charge in [-0.15, -0.1) is 0 Å². The largest absolute Gasteiger partial charge is 0.324 e. The summed E-state index contributed by atoms with van der Waals surface area (Å²) >= 11 is 0. The molecule has 0 aromatic heterocycles. The molecule has 1 saturated carbocycles. The molecular formula is C22H31N3O5S. The lowest BCUT2D eigenvalue weighted by molar-refractivity contribution is -0.146. The van der Waals surface area contributed by atoms with E-state index in [0.717, 1.165) is 17.7 Å². The number of fused-ring (bicyclic) bond motifs is 1. The molecule has 170 valence electrons. The monoisotopic (exact) mass is 449 g/mol. The maximum absolute atomic E-state index is 12.9. The van der Waals surface area contributed by atoms with E-state index in [1.54, 1.807) is 32.9 Å². The van der Waals surface area contributed by atoms with E-state index in [1.165, 1.54) is 17.3 Å². The van der Waals surface area contributed by atoms with E-state index in [9.17, 15) is 22.8 Å². The maximum atomic E-state index is 12.9. The van der Waals surface area contributed by atoms with Gasteiger partial charge in [-0.05, 0) is 44.4 Å². The normalized spacial score (nSPS) is 22.5. The van der Waals surface area contributed by atoms with Crippen LogP contribution in [0, 0.1) is 18.8 Å². The number of sulfonamides is 1. The van der Waals surface area contributed by atoms with Crippen LogP contribution in [0.1, 0.15) is 52.0 Å². The fourth-order valence-corrected chi connectivity index (χ4v) is 6.30. The van der Waals surface area contributed by atoms with E-state index >= 15 is 0 Å². The Morgan fingerprint density at radius 1 is 1.13 bits per heavy atom. The molecule has 0 bridgehead atoms. The first-order chi connectivity index (χ1) is 14.6. The van der Waals surface area contributed by atoms with E-state index in [0.29, 0.717) is 37.2 Å². The van der Waals surface area contributed by atoms with Crippen molar-refractivity contribution in [1.82, 2.24) is 9.21 Å². The quantitative estimate of drug-likeness (QED) is 0.644. The lowest BCUT2D eigenvalue weighted by Crippen LogP contribution is -2.46. The molecule has 1 N–H and O–H groups in total. The van der Waals surface area contributed by atoms with Gasteiger partial charge < -0.3 is 5.32 Å². The highest BCUT2D eigenvalue weighted by molar-refractivity contribution is 7.89. The second-order valence-electron chi connectivity index (χ2n) is 8.28. The summed E-state index contributed by atoms with van der Waals surface area (Å²) in [6.07, 6.45) is 3.21. The molecular weight excluding hydrogens is 418 g/mol. The minimum Gasteiger partial charge on any atom is -0.324 e. The van der Waals surface area contributed by atoms with Crippen molar-refractivity contribution in [2.75, 3.05) is 18.4 Å². The Morgan fingerprint density at radius 2 is 1.68 bits per heavy atom. The lowest BCUT2D eigenvalue weighted by Gasteiger charge is -2.23. The van der Waals surface area contributed by atoms with Crippen molar-refractivity contribution in [1.29, 1.82) is 0 Å². The SMILES string of the molecule is CCN(CC)S(=O)(=O)c1cc(NC(=O)[C@H](C)N2C(=O)[C@@H]3CCCC[C@H]3C2=O)ccc1C. The van der Waals surface area contributed by atoms with Crippen LogP contribution >= 0.6 is 0 Å². The Balaban J connectivity index is 1.81. The highest BCUT2D eigenvalue weighted by atomic mass is 32.2. The van der Waals surface area contributed by atoms with Crippen LogP contribution in [0.5, 0.6) is 0 Å². The van der Waals surface area contributed by atoms with Crippen LogP contribution in [-0.4, -0.2) is 54.5 Å². The molecule has 3 rings (SSSR count). The number of carbonyl (C=O) groups is 3. The molecule has 1 saturated heterocycles. The number of carbonyl (C=O) groups excluding carboxylic acids is 3. The molecule has 9 heteroatoms. The van der Waals surface area contributed by atoms with E-state index in [-0.39, 0.29) is 28.5 Å². The van der Waals surface area contributed by atoms with Gasteiger partial charge in [-0.1, -0.05) is 32.8 Å². The van der Waals surface area contributed by atoms with Crippen LogP contribution in [0.25, 0.3) is 0 Å². The van der Waals surface area contributed by atoms with Crippen molar-refractivity contribution in [2.45, 2.75) is 64.3 Å². The van der Waals surface area contributed by atoms with Crippen LogP contribution in [0.4, 0.5) is 5.69 Å². The number of amides is 3. The Labute approximate surface area is 184 Å². The van der Waals surface area contributed by atoms with Crippen molar-refractivity contribution in [2.24, 2.45) is 11.8 Å². The van der Waals surface area contributed by atoms with E-state index in [1.807, 2.05) is 0 Å². The fraction of sp³-hybridized carbons (Fsp3) is 0.591. The molecule has 0 spiro atoms. The second kappa shape index (κ2) is 9.08. The smallest absolute Gasteiger partial charge is 0.247 e. The molecule has 1 aliphatic heterocycles. The van der Waals surface area contributed by atoms with Gasteiger partial charge in [-0.25, -0.2) is 8.42 Å². The van der Waals surface area contributed by atoms with E-state index < -0.39 is 22.0 Å². The van der Waals surface area contributed by atoms with Gasteiger partial charge in [0.2, 0.25) is 27.7 Å². The molecule has 2 aliphatic rings. The van der Waals surface area contributed by atoms with Crippen LogP contribution in [0.3, 0.4) is 0 Å². The number of aryl methyl sites for hydroxylation is 1. The summed E-state index contributed by atoms with van der Waals surface area (Å²) in [7, 11) is -3.69. The third kappa shape index (κ3) is 4.25. The number of hydrogen-bond donors (Lipinski definition) is 1. The van der Waals surface area contributed by atoms with Gasteiger partial charge >= 0.3 is 0 Å². The van der Waals surface area contributed by atoms with Gasteiger partial charge in [0, 0.05) is 18.8 Å². The lowest BCUT2D eigenvalue weighted by atomic mass is 9.81. The third-order valence-electron chi connectivity index (χ3n) is 6.42.